The number of hydrogen-bond donors (Lipinski definition) is 1. The number of fused-ring (bicyclic) bond motifs is 2. The van der Waals surface area contributed by atoms with E-state index in [-0.39, 0.29) is 23.1 Å². The van der Waals surface area contributed by atoms with Gasteiger partial charge < -0.3 is 24.0 Å². The van der Waals surface area contributed by atoms with Gasteiger partial charge in [0.2, 0.25) is 11.8 Å². The van der Waals surface area contributed by atoms with Crippen molar-refractivity contribution in [1.29, 1.82) is 0 Å². The Kier molecular flexibility index (Phi) is 11.4. The average molecular weight is 851 g/mol. The van der Waals surface area contributed by atoms with E-state index in [0.29, 0.717) is 43.2 Å². The molecule has 2 saturated heterocycles. The Balaban J connectivity index is 0.831. The van der Waals surface area contributed by atoms with Gasteiger partial charge in [-0.05, 0) is 95.7 Å². The molecule has 0 aliphatic carbocycles. The van der Waals surface area contributed by atoms with E-state index < -0.39 is 21.8 Å². The first-order chi connectivity index (χ1) is 30.1. The predicted molar refractivity (Wildman–Crippen MR) is 236 cm³/mol. The number of nitrogens with one attached hydrogen (secondary N) is 1. The molecule has 6 aromatic carbocycles. The fourth-order valence-electron chi connectivity index (χ4n) is 8.42. The molecule has 0 saturated carbocycles. The van der Waals surface area contributed by atoms with Crippen molar-refractivity contribution in [2.24, 2.45) is 0 Å². The third-order valence-electron chi connectivity index (χ3n) is 11.8. The Morgan fingerprint density at radius 3 is 2.21 bits per heavy atom. The molecule has 6 aromatic rings. The molecule has 316 valence electrons. The van der Waals surface area contributed by atoms with Crippen molar-refractivity contribution in [2.45, 2.75) is 36.9 Å². The lowest BCUT2D eigenvalue weighted by Crippen LogP contribution is -2.52. The number of benzene rings is 6. The minimum Gasteiger partial charge on any atom is -0.492 e. The molecule has 9 rings (SSSR count). The van der Waals surface area contributed by atoms with Crippen molar-refractivity contribution in [3.8, 4) is 34.1 Å². The molecule has 1 N–H and O–H groups in total. The van der Waals surface area contributed by atoms with Crippen LogP contribution < -0.4 is 24.4 Å². The molecule has 62 heavy (non-hydrogen) atoms. The Bertz CT molecular complexity index is 2750. The normalized spacial score (nSPS) is 16.9. The fourth-order valence-corrected chi connectivity index (χ4v) is 9.05. The van der Waals surface area contributed by atoms with Gasteiger partial charge in [0.05, 0.1) is 4.90 Å². The summed E-state index contributed by atoms with van der Waals surface area (Å²) in [7, 11) is -3.36. The summed E-state index contributed by atoms with van der Waals surface area (Å²) in [4.78, 5) is 44.2. The smallest absolute Gasteiger partial charge is 0.255 e. The van der Waals surface area contributed by atoms with Crippen molar-refractivity contribution >= 4 is 44.0 Å². The minimum absolute atomic E-state index is 0.164. The molecule has 3 heterocycles. The van der Waals surface area contributed by atoms with Crippen LogP contribution in [0.15, 0.2) is 132 Å². The topological polar surface area (TPSA) is 135 Å². The molecule has 0 bridgehead atoms. The molecular formula is C49H46N4O8S. The second kappa shape index (κ2) is 17.3. The number of ether oxygens (including phenoxy) is 3. The quantitative estimate of drug-likeness (QED) is 0.119. The number of carbonyl (C=O) groups is 3. The number of nitrogens with zero attached hydrogens (tertiary/aromatic N) is 3. The molecule has 0 aromatic heterocycles. The number of carbonyl (C=O) groups excluding carboxylic acids is 3. The monoisotopic (exact) mass is 850 g/mol. The van der Waals surface area contributed by atoms with Crippen molar-refractivity contribution in [2.75, 3.05) is 50.5 Å². The van der Waals surface area contributed by atoms with Crippen molar-refractivity contribution in [1.82, 2.24) is 15.1 Å². The lowest BCUT2D eigenvalue weighted by atomic mass is 9.99. The number of hydrogen-bond acceptors (Lipinski definition) is 10. The van der Waals surface area contributed by atoms with Crippen LogP contribution in [-0.2, 0) is 32.6 Å². The molecule has 1 atom stereocenters. The highest BCUT2D eigenvalue weighted by atomic mass is 32.2. The third-order valence-corrected chi connectivity index (χ3v) is 12.9. The zero-order chi connectivity index (χ0) is 42.8. The number of piperidine rings is 1. The highest BCUT2D eigenvalue weighted by Crippen LogP contribution is 2.41. The van der Waals surface area contributed by atoms with Gasteiger partial charge in [-0.2, -0.15) is 0 Å². The van der Waals surface area contributed by atoms with Crippen LogP contribution in [0.2, 0.25) is 0 Å². The van der Waals surface area contributed by atoms with E-state index in [0.717, 1.165) is 82.9 Å². The molecule has 3 aliphatic rings. The van der Waals surface area contributed by atoms with Gasteiger partial charge in [0.15, 0.2) is 9.84 Å². The number of piperazine rings is 1. The zero-order valence-electron chi connectivity index (χ0n) is 34.3. The highest BCUT2D eigenvalue weighted by molar-refractivity contribution is 7.90. The van der Waals surface area contributed by atoms with Crippen LogP contribution in [0, 0.1) is 0 Å². The molecule has 13 heteroatoms. The van der Waals surface area contributed by atoms with E-state index in [4.69, 9.17) is 14.2 Å². The first-order valence-electron chi connectivity index (χ1n) is 20.8. The lowest BCUT2D eigenvalue weighted by molar-refractivity contribution is -0.136. The van der Waals surface area contributed by atoms with Crippen LogP contribution in [-0.4, -0.2) is 87.6 Å². The molecule has 0 radical (unpaired) electrons. The summed E-state index contributed by atoms with van der Waals surface area (Å²) < 4.78 is 43.3. The maximum atomic E-state index is 13.4. The molecule has 3 amide bonds. The van der Waals surface area contributed by atoms with Crippen LogP contribution >= 0.6 is 0 Å². The van der Waals surface area contributed by atoms with Crippen LogP contribution in [0.4, 0.5) is 5.69 Å². The molecule has 3 aliphatic heterocycles. The number of anilines is 1. The summed E-state index contributed by atoms with van der Waals surface area (Å²) in [5.74, 6) is 1.84. The Morgan fingerprint density at radius 1 is 0.726 bits per heavy atom. The van der Waals surface area contributed by atoms with E-state index in [1.165, 1.54) is 6.26 Å². The first-order valence-corrected chi connectivity index (χ1v) is 22.6. The van der Waals surface area contributed by atoms with Crippen molar-refractivity contribution in [3.63, 3.8) is 0 Å². The SMILES string of the molecule is CS(=O)(=O)c1ccc(-c2ccc3cc(OCc4ccccc4)ccc3c2Oc2ccc(OCCN3CCN(c4cccc5c4CN(C4CCC(=O)NC4=O)C5=O)CC3)cc2)cc1. The number of imide groups is 1. The second-order valence-electron chi connectivity index (χ2n) is 15.8. The summed E-state index contributed by atoms with van der Waals surface area (Å²) in [6.07, 6.45) is 1.76. The average Bonchev–Trinajstić information content (AvgIpc) is 3.62. The molecule has 12 nitrogen and oxygen atoms in total. The van der Waals surface area contributed by atoms with Gasteiger partial charge >= 0.3 is 0 Å². The summed E-state index contributed by atoms with van der Waals surface area (Å²) in [5.41, 5.74) is 5.28. The molecule has 2 fully saturated rings. The maximum absolute atomic E-state index is 13.4. The third kappa shape index (κ3) is 8.72. The molecular weight excluding hydrogens is 805 g/mol. The fraction of sp³-hybridized carbons (Fsp3) is 0.245. The second-order valence-corrected chi connectivity index (χ2v) is 17.9. The predicted octanol–water partition coefficient (Wildman–Crippen LogP) is 7.24. The number of amides is 3. The standard InChI is InChI=1S/C49H46N4O8S/c1-62(57,58)39-18-10-34(11-19-39)40-20-12-35-30-38(60-32-33-6-3-2-4-7-33)17-21-41(35)47(40)61-37-15-13-36(14-16-37)59-29-28-51-24-26-52(27-25-51)44-9-5-8-42-43(44)31-53(49(42)56)45-22-23-46(54)50-48(45)55/h2-21,30,45H,22-29,31-32H2,1H3,(H,50,54,55). The molecule has 0 spiro atoms. The van der Waals surface area contributed by atoms with Gasteiger partial charge in [0.1, 0.15) is 42.3 Å². The van der Waals surface area contributed by atoms with Gasteiger partial charge in [-0.1, -0.05) is 54.6 Å². The van der Waals surface area contributed by atoms with Gasteiger partial charge in [-0.25, -0.2) is 8.42 Å². The van der Waals surface area contributed by atoms with Crippen LogP contribution in [0.3, 0.4) is 0 Å². The summed E-state index contributed by atoms with van der Waals surface area (Å²) in [5, 5.41) is 4.19. The number of rotatable bonds is 13. The summed E-state index contributed by atoms with van der Waals surface area (Å²) in [6, 6.07) is 39.4. The Labute approximate surface area is 360 Å². The Morgan fingerprint density at radius 2 is 1.47 bits per heavy atom. The van der Waals surface area contributed by atoms with Gasteiger partial charge in [0.25, 0.3) is 5.91 Å². The van der Waals surface area contributed by atoms with Crippen molar-refractivity contribution in [3.05, 3.63) is 144 Å². The van der Waals surface area contributed by atoms with Crippen LogP contribution in [0.1, 0.15) is 34.3 Å². The van der Waals surface area contributed by atoms with E-state index in [1.807, 2.05) is 103 Å². The van der Waals surface area contributed by atoms with Crippen LogP contribution in [0.25, 0.3) is 21.9 Å². The van der Waals surface area contributed by atoms with E-state index in [9.17, 15) is 22.8 Å². The first kappa shape index (κ1) is 40.7. The molecule has 1 unspecified atom stereocenters. The van der Waals surface area contributed by atoms with Crippen molar-refractivity contribution < 1.29 is 37.0 Å². The van der Waals surface area contributed by atoms with Gasteiger partial charge in [0, 0.05) is 79.7 Å². The van der Waals surface area contributed by atoms with Crippen LogP contribution in [0.5, 0.6) is 23.0 Å². The van der Waals surface area contributed by atoms with Gasteiger partial charge in [-0.3, -0.25) is 24.6 Å². The zero-order valence-corrected chi connectivity index (χ0v) is 35.1. The van der Waals surface area contributed by atoms with Gasteiger partial charge in [-0.15, -0.1) is 0 Å². The maximum Gasteiger partial charge on any atom is 0.255 e. The van der Waals surface area contributed by atoms with E-state index >= 15 is 0 Å². The lowest BCUT2D eigenvalue weighted by Gasteiger charge is -2.37. The van der Waals surface area contributed by atoms with E-state index in [1.54, 1.807) is 29.2 Å². The number of sulfone groups is 1. The Hall–Kier alpha value is -6.70. The highest BCUT2D eigenvalue weighted by Gasteiger charge is 2.40. The summed E-state index contributed by atoms with van der Waals surface area (Å²) >= 11 is 0. The largest absolute Gasteiger partial charge is 0.492 e. The summed E-state index contributed by atoms with van der Waals surface area (Å²) in [6.45, 7) is 5.28. The van der Waals surface area contributed by atoms with E-state index in [2.05, 4.69) is 15.1 Å². The minimum atomic E-state index is -3.36.